The van der Waals surface area contributed by atoms with Crippen molar-refractivity contribution in [1.29, 1.82) is 0 Å². The summed E-state index contributed by atoms with van der Waals surface area (Å²) in [5.74, 6) is 0. The Bertz CT molecular complexity index is 752. The zero-order valence-corrected chi connectivity index (χ0v) is 11.3. The quantitative estimate of drug-likeness (QED) is 0.713. The molecular formula is C16H16N4. The Labute approximate surface area is 117 Å². The first-order valence-electron chi connectivity index (χ1n) is 6.52. The fourth-order valence-electron chi connectivity index (χ4n) is 2.25. The predicted octanol–water partition coefficient (Wildman–Crippen LogP) is 3.13. The first kappa shape index (κ1) is 12.4. The molecule has 20 heavy (non-hydrogen) atoms. The molecule has 3 rings (SSSR count). The number of hydrogen-bond donors (Lipinski definition) is 2. The lowest BCUT2D eigenvalue weighted by Gasteiger charge is -2.11. The summed E-state index contributed by atoms with van der Waals surface area (Å²) in [6, 6.07) is 9.88. The highest BCUT2D eigenvalue weighted by Crippen LogP contribution is 2.27. The van der Waals surface area contributed by atoms with Gasteiger partial charge in [-0.15, -0.1) is 0 Å². The van der Waals surface area contributed by atoms with E-state index in [-0.39, 0.29) is 0 Å². The van der Waals surface area contributed by atoms with Crippen LogP contribution < -0.4 is 11.1 Å². The van der Waals surface area contributed by atoms with E-state index in [1.54, 1.807) is 12.4 Å². The topological polar surface area (TPSA) is 63.8 Å². The van der Waals surface area contributed by atoms with E-state index >= 15 is 0 Å². The molecule has 0 spiro atoms. The lowest BCUT2D eigenvalue weighted by Crippen LogP contribution is -2.04. The summed E-state index contributed by atoms with van der Waals surface area (Å²) in [6.45, 7) is 2.75. The third kappa shape index (κ3) is 2.28. The molecule has 0 aliphatic heterocycles. The van der Waals surface area contributed by atoms with E-state index in [1.807, 2.05) is 30.5 Å². The van der Waals surface area contributed by atoms with Crippen molar-refractivity contribution in [3.63, 3.8) is 0 Å². The van der Waals surface area contributed by atoms with E-state index in [2.05, 4.69) is 28.3 Å². The van der Waals surface area contributed by atoms with Gasteiger partial charge in [0.25, 0.3) is 0 Å². The van der Waals surface area contributed by atoms with E-state index in [1.165, 1.54) is 5.56 Å². The molecule has 0 fully saturated rings. The van der Waals surface area contributed by atoms with Crippen LogP contribution in [0.4, 0.5) is 11.4 Å². The number of anilines is 2. The molecule has 100 valence electrons. The molecule has 0 bridgehead atoms. The van der Waals surface area contributed by atoms with Crippen LogP contribution in [0.2, 0.25) is 0 Å². The normalized spacial score (nSPS) is 10.7. The summed E-state index contributed by atoms with van der Waals surface area (Å²) in [6.07, 6.45) is 5.38. The van der Waals surface area contributed by atoms with Crippen LogP contribution in [0, 0.1) is 6.92 Å². The number of nitrogens with two attached hydrogens (primary N) is 1. The molecular weight excluding hydrogens is 248 g/mol. The number of rotatable bonds is 3. The Morgan fingerprint density at radius 1 is 1.10 bits per heavy atom. The van der Waals surface area contributed by atoms with Gasteiger partial charge >= 0.3 is 0 Å². The Kier molecular flexibility index (Phi) is 3.21. The Morgan fingerprint density at radius 2 is 2.00 bits per heavy atom. The standard InChI is InChI=1S/C16H16N4/c1-11-3-2-7-19-16(11)10-20-15-5-4-14(17)13-9-18-8-6-12(13)15/h2-9,20H,10,17H2,1H3. The van der Waals surface area contributed by atoms with Crippen molar-refractivity contribution < 1.29 is 0 Å². The Hall–Kier alpha value is -2.62. The molecule has 0 saturated heterocycles. The van der Waals surface area contributed by atoms with Gasteiger partial charge < -0.3 is 11.1 Å². The van der Waals surface area contributed by atoms with Crippen LogP contribution >= 0.6 is 0 Å². The van der Waals surface area contributed by atoms with Crippen molar-refractivity contribution in [3.05, 3.63) is 60.2 Å². The summed E-state index contributed by atoms with van der Waals surface area (Å²) in [5, 5.41) is 5.47. The molecule has 0 amide bonds. The number of pyridine rings is 2. The zero-order valence-electron chi connectivity index (χ0n) is 11.3. The fourth-order valence-corrected chi connectivity index (χ4v) is 2.25. The van der Waals surface area contributed by atoms with Crippen LogP contribution in [0.15, 0.2) is 48.9 Å². The van der Waals surface area contributed by atoms with Crippen molar-refractivity contribution in [2.24, 2.45) is 0 Å². The number of nitrogens with one attached hydrogen (secondary N) is 1. The minimum absolute atomic E-state index is 0.689. The number of benzene rings is 1. The highest BCUT2D eigenvalue weighted by Gasteiger charge is 2.05. The largest absolute Gasteiger partial charge is 0.398 e. The lowest BCUT2D eigenvalue weighted by atomic mass is 10.1. The van der Waals surface area contributed by atoms with Crippen LogP contribution in [0.25, 0.3) is 10.8 Å². The van der Waals surface area contributed by atoms with E-state index in [9.17, 15) is 0 Å². The van der Waals surface area contributed by atoms with Gasteiger partial charge in [0.15, 0.2) is 0 Å². The van der Waals surface area contributed by atoms with E-state index in [0.29, 0.717) is 6.54 Å². The second-order valence-corrected chi connectivity index (χ2v) is 4.74. The minimum atomic E-state index is 0.689. The summed E-state index contributed by atoms with van der Waals surface area (Å²) in [4.78, 5) is 8.52. The van der Waals surface area contributed by atoms with Crippen LogP contribution in [0.5, 0.6) is 0 Å². The average molecular weight is 264 g/mol. The molecule has 0 aliphatic rings. The summed E-state index contributed by atoms with van der Waals surface area (Å²) < 4.78 is 0. The zero-order chi connectivity index (χ0) is 13.9. The summed E-state index contributed by atoms with van der Waals surface area (Å²) in [7, 11) is 0. The fraction of sp³-hybridized carbons (Fsp3) is 0.125. The smallest absolute Gasteiger partial charge is 0.0623 e. The monoisotopic (exact) mass is 264 g/mol. The van der Waals surface area contributed by atoms with Crippen molar-refractivity contribution in [2.45, 2.75) is 13.5 Å². The minimum Gasteiger partial charge on any atom is -0.398 e. The molecule has 3 aromatic rings. The maximum absolute atomic E-state index is 5.98. The van der Waals surface area contributed by atoms with E-state index in [0.717, 1.165) is 27.8 Å². The Balaban J connectivity index is 1.92. The van der Waals surface area contributed by atoms with Crippen LogP contribution in [0.3, 0.4) is 0 Å². The number of nitrogens with zero attached hydrogens (tertiary/aromatic N) is 2. The maximum Gasteiger partial charge on any atom is 0.0623 e. The Morgan fingerprint density at radius 3 is 2.85 bits per heavy atom. The van der Waals surface area contributed by atoms with Crippen molar-refractivity contribution in [2.75, 3.05) is 11.1 Å². The van der Waals surface area contributed by atoms with E-state index < -0.39 is 0 Å². The van der Waals surface area contributed by atoms with Gasteiger partial charge in [0.05, 0.1) is 12.2 Å². The van der Waals surface area contributed by atoms with E-state index in [4.69, 9.17) is 5.73 Å². The molecule has 0 atom stereocenters. The number of nitrogen functional groups attached to an aromatic ring is 1. The second-order valence-electron chi connectivity index (χ2n) is 4.74. The number of fused-ring (bicyclic) bond motifs is 1. The summed E-state index contributed by atoms with van der Waals surface area (Å²) in [5.41, 5.74) is 9.99. The van der Waals surface area contributed by atoms with Crippen molar-refractivity contribution in [1.82, 2.24) is 9.97 Å². The predicted molar refractivity (Wildman–Crippen MR) is 82.5 cm³/mol. The molecule has 2 aromatic heterocycles. The van der Waals surface area contributed by atoms with Gasteiger partial charge in [-0.2, -0.15) is 0 Å². The highest BCUT2D eigenvalue weighted by atomic mass is 14.9. The average Bonchev–Trinajstić information content (AvgIpc) is 2.48. The molecule has 0 radical (unpaired) electrons. The molecule has 4 heteroatoms. The molecule has 2 heterocycles. The third-order valence-corrected chi connectivity index (χ3v) is 3.42. The van der Waals surface area contributed by atoms with Gasteiger partial charge in [-0.25, -0.2) is 0 Å². The molecule has 0 saturated carbocycles. The second kappa shape index (κ2) is 5.17. The van der Waals surface area contributed by atoms with Crippen LogP contribution in [-0.4, -0.2) is 9.97 Å². The van der Waals surface area contributed by atoms with Gasteiger partial charge in [-0.05, 0) is 36.8 Å². The third-order valence-electron chi connectivity index (χ3n) is 3.42. The maximum atomic E-state index is 5.98. The lowest BCUT2D eigenvalue weighted by molar-refractivity contribution is 1.02. The van der Waals surface area contributed by atoms with Crippen LogP contribution in [0.1, 0.15) is 11.3 Å². The van der Waals surface area contributed by atoms with Gasteiger partial charge in [0, 0.05) is 40.7 Å². The molecule has 1 aromatic carbocycles. The molecule has 3 N–H and O–H groups in total. The molecule has 4 nitrogen and oxygen atoms in total. The van der Waals surface area contributed by atoms with Crippen LogP contribution in [-0.2, 0) is 6.54 Å². The number of aryl methyl sites for hydroxylation is 1. The van der Waals surface area contributed by atoms with Crippen molar-refractivity contribution in [3.8, 4) is 0 Å². The molecule has 0 aliphatic carbocycles. The first-order valence-corrected chi connectivity index (χ1v) is 6.52. The van der Waals surface area contributed by atoms with Gasteiger partial charge in [0.2, 0.25) is 0 Å². The first-order chi connectivity index (χ1) is 9.75. The summed E-state index contributed by atoms with van der Waals surface area (Å²) >= 11 is 0. The number of hydrogen-bond acceptors (Lipinski definition) is 4. The molecule has 0 unspecified atom stereocenters. The number of aromatic nitrogens is 2. The highest BCUT2D eigenvalue weighted by molar-refractivity contribution is 6.00. The van der Waals surface area contributed by atoms with Crippen molar-refractivity contribution >= 4 is 22.1 Å². The van der Waals surface area contributed by atoms with Gasteiger partial charge in [-0.3, -0.25) is 9.97 Å². The van der Waals surface area contributed by atoms with Gasteiger partial charge in [0.1, 0.15) is 0 Å². The van der Waals surface area contributed by atoms with Gasteiger partial charge in [-0.1, -0.05) is 6.07 Å². The SMILES string of the molecule is Cc1cccnc1CNc1ccc(N)c2cnccc12.